The molecule has 0 aromatic heterocycles. The Morgan fingerprint density at radius 1 is 1.09 bits per heavy atom. The quantitative estimate of drug-likeness (QED) is 0.139. The van der Waals surface area contributed by atoms with Crippen LogP contribution in [-0.4, -0.2) is 25.1 Å². The highest BCUT2D eigenvalue weighted by Gasteiger charge is 2.26. The lowest BCUT2D eigenvalue weighted by atomic mass is 9.74. The number of nitrogens with one attached hydrogen (secondary N) is 2. The van der Waals surface area contributed by atoms with E-state index in [9.17, 15) is 0 Å². The van der Waals surface area contributed by atoms with Crippen molar-refractivity contribution in [1.82, 2.24) is 10.6 Å². The summed E-state index contributed by atoms with van der Waals surface area (Å²) in [7, 11) is 3.62. The highest BCUT2D eigenvalue weighted by Crippen LogP contribution is 2.37. The summed E-state index contributed by atoms with van der Waals surface area (Å²) in [5.74, 6) is 3.48. The van der Waals surface area contributed by atoms with E-state index >= 15 is 0 Å². The molecule has 0 aliphatic carbocycles. The molecule has 0 aromatic rings. The van der Waals surface area contributed by atoms with Gasteiger partial charge in [-0.05, 0) is 66.1 Å². The number of allylic oxidation sites excluding steroid dienone is 2. The van der Waals surface area contributed by atoms with E-state index in [2.05, 4.69) is 76.4 Å². The van der Waals surface area contributed by atoms with E-state index in [4.69, 9.17) is 0 Å². The zero-order valence-corrected chi connectivity index (χ0v) is 24.0. The van der Waals surface area contributed by atoms with Crippen molar-refractivity contribution in [3.63, 3.8) is 0 Å². The Bertz CT molecular complexity index is 637. The van der Waals surface area contributed by atoms with E-state index in [1.54, 1.807) is 10.8 Å². The van der Waals surface area contributed by atoms with E-state index in [-0.39, 0.29) is 5.41 Å². The molecule has 0 amide bonds. The average Bonchev–Trinajstić information content (AvgIpc) is 2.76. The Morgan fingerprint density at radius 3 is 2.42 bits per heavy atom. The van der Waals surface area contributed by atoms with Crippen molar-refractivity contribution in [2.45, 2.75) is 92.9 Å². The first-order valence-electron chi connectivity index (χ1n) is 13.0. The largest absolute Gasteiger partial charge is 0.388 e. The molecular weight excluding hydrogens is 442 g/mol. The Kier molecular flexibility index (Phi) is 15.3. The van der Waals surface area contributed by atoms with Crippen molar-refractivity contribution in [3.05, 3.63) is 35.7 Å². The van der Waals surface area contributed by atoms with Crippen LogP contribution in [0.4, 0.5) is 0 Å². The predicted molar refractivity (Wildman–Crippen MR) is 155 cm³/mol. The second-order valence-electron chi connectivity index (χ2n) is 10.6. The maximum Gasteiger partial charge on any atom is 0.102 e. The molecule has 33 heavy (non-hydrogen) atoms. The van der Waals surface area contributed by atoms with E-state index in [1.165, 1.54) is 25.7 Å². The summed E-state index contributed by atoms with van der Waals surface area (Å²) >= 11 is 0. The molecule has 5 heteroatoms. The molecule has 0 radical (unpaired) electrons. The van der Waals surface area contributed by atoms with Crippen molar-refractivity contribution < 1.29 is 0 Å². The van der Waals surface area contributed by atoms with Crippen LogP contribution >= 0.6 is 21.6 Å². The van der Waals surface area contributed by atoms with Gasteiger partial charge in [0.25, 0.3) is 0 Å². The summed E-state index contributed by atoms with van der Waals surface area (Å²) in [5, 5.41) is 8.14. The summed E-state index contributed by atoms with van der Waals surface area (Å²) in [5.41, 5.74) is 2.54. The van der Waals surface area contributed by atoms with Crippen molar-refractivity contribution in [1.29, 1.82) is 0 Å². The van der Waals surface area contributed by atoms with Crippen LogP contribution in [0.1, 0.15) is 92.9 Å². The minimum absolute atomic E-state index is 0.280. The second kappa shape index (κ2) is 16.8. The lowest BCUT2D eigenvalue weighted by Gasteiger charge is -2.33. The maximum absolute atomic E-state index is 4.41. The van der Waals surface area contributed by atoms with E-state index < -0.39 is 0 Å². The summed E-state index contributed by atoms with van der Waals surface area (Å²) in [6, 6.07) is 0. The maximum atomic E-state index is 4.41. The van der Waals surface area contributed by atoms with Crippen LogP contribution in [-0.2, 0) is 0 Å². The van der Waals surface area contributed by atoms with Gasteiger partial charge in [-0.15, -0.1) is 0 Å². The molecule has 0 fully saturated rings. The van der Waals surface area contributed by atoms with E-state index in [0.29, 0.717) is 0 Å². The highest BCUT2D eigenvalue weighted by molar-refractivity contribution is 8.78. The van der Waals surface area contributed by atoms with Crippen LogP contribution < -0.4 is 10.6 Å². The zero-order valence-electron chi connectivity index (χ0n) is 22.3. The van der Waals surface area contributed by atoms with Crippen LogP contribution in [0.5, 0.6) is 0 Å². The minimum Gasteiger partial charge on any atom is -0.388 e. The van der Waals surface area contributed by atoms with Gasteiger partial charge in [0.05, 0.1) is 0 Å². The third kappa shape index (κ3) is 14.2. The van der Waals surface area contributed by atoms with Crippen molar-refractivity contribution >= 4 is 27.8 Å². The van der Waals surface area contributed by atoms with Gasteiger partial charge < -0.3 is 10.6 Å². The number of hydrogen-bond donors (Lipinski definition) is 2. The Balaban J connectivity index is 2.21. The molecule has 0 bridgehead atoms. The third-order valence-corrected chi connectivity index (χ3v) is 8.85. The molecule has 0 saturated heterocycles. The Hall–Kier alpha value is -0.810. The lowest BCUT2D eigenvalue weighted by Crippen LogP contribution is -2.25. The molecule has 2 unspecified atom stereocenters. The molecule has 190 valence electrons. The average molecular weight is 494 g/mol. The first kappa shape index (κ1) is 30.2. The molecule has 0 aromatic carbocycles. The van der Waals surface area contributed by atoms with E-state index in [0.717, 1.165) is 78.7 Å². The van der Waals surface area contributed by atoms with Gasteiger partial charge in [-0.2, -0.15) is 0 Å². The summed E-state index contributed by atoms with van der Waals surface area (Å²) in [4.78, 5) is 4.41. The van der Waals surface area contributed by atoms with Crippen molar-refractivity contribution in [3.8, 4) is 0 Å². The molecule has 1 heterocycles. The normalized spacial score (nSPS) is 15.8. The van der Waals surface area contributed by atoms with Crippen molar-refractivity contribution in [2.75, 3.05) is 18.8 Å². The van der Waals surface area contributed by atoms with Crippen LogP contribution in [0.25, 0.3) is 0 Å². The molecule has 1 rings (SSSR count). The first-order chi connectivity index (χ1) is 15.7. The SMILES string of the molecule is C=C(CCNC(=C)CC(C)(C)CC(CC)CC(CC)C(C)C)NCCSSC1=CCCC=N1. The monoisotopic (exact) mass is 493 g/mol. The molecule has 0 spiro atoms. The number of aliphatic imine (C=N–C) groups is 1. The smallest absolute Gasteiger partial charge is 0.102 e. The van der Waals surface area contributed by atoms with Crippen LogP contribution in [0.15, 0.2) is 40.6 Å². The molecule has 2 atom stereocenters. The lowest BCUT2D eigenvalue weighted by molar-refractivity contribution is 0.203. The molecular formula is C28H51N3S2. The molecule has 1 aliphatic rings. The standard InChI is InChI=1S/C28H51N3S2/c1-9-25(19-26(10-2)22(3)4)21-28(7,8)20-24(6)29-16-14-23(5)30-17-18-32-33-27-13-11-12-15-31-27/h13,15,22,25-26,29-30H,5-6,9-12,14,16-21H2,1-4,7-8H3. The van der Waals surface area contributed by atoms with E-state index in [1.807, 2.05) is 17.0 Å². The Morgan fingerprint density at radius 2 is 1.82 bits per heavy atom. The van der Waals surface area contributed by atoms with Gasteiger partial charge in [0.2, 0.25) is 0 Å². The third-order valence-electron chi connectivity index (χ3n) is 6.55. The molecule has 1 aliphatic heterocycles. The fraction of sp³-hybridized carbons (Fsp3) is 0.750. The van der Waals surface area contributed by atoms with Gasteiger partial charge in [0.1, 0.15) is 5.03 Å². The van der Waals surface area contributed by atoms with Crippen LogP contribution in [0.3, 0.4) is 0 Å². The van der Waals surface area contributed by atoms with Gasteiger partial charge in [0, 0.05) is 42.9 Å². The van der Waals surface area contributed by atoms with Gasteiger partial charge in [0.15, 0.2) is 0 Å². The fourth-order valence-electron chi connectivity index (χ4n) is 4.62. The Labute approximate surface area is 213 Å². The van der Waals surface area contributed by atoms with Gasteiger partial charge in [-0.3, -0.25) is 4.99 Å². The van der Waals surface area contributed by atoms with Gasteiger partial charge in [-0.25, -0.2) is 0 Å². The second-order valence-corrected chi connectivity index (χ2v) is 13.1. The number of nitrogens with zero attached hydrogens (tertiary/aromatic N) is 1. The number of hydrogen-bond acceptors (Lipinski definition) is 5. The van der Waals surface area contributed by atoms with Crippen LogP contribution in [0.2, 0.25) is 0 Å². The zero-order chi connectivity index (χ0) is 24.7. The van der Waals surface area contributed by atoms with Crippen LogP contribution in [0, 0.1) is 23.2 Å². The molecule has 0 saturated carbocycles. The highest BCUT2D eigenvalue weighted by atomic mass is 33.1. The van der Waals surface area contributed by atoms with Crippen molar-refractivity contribution in [2.24, 2.45) is 28.2 Å². The summed E-state index contributed by atoms with van der Waals surface area (Å²) < 4.78 is 0. The van der Waals surface area contributed by atoms with Gasteiger partial charge in [-0.1, -0.05) is 84.4 Å². The molecule has 3 nitrogen and oxygen atoms in total. The fourth-order valence-corrected chi connectivity index (χ4v) is 6.51. The summed E-state index contributed by atoms with van der Waals surface area (Å²) in [6.45, 7) is 24.6. The number of rotatable bonds is 19. The van der Waals surface area contributed by atoms with Gasteiger partial charge >= 0.3 is 0 Å². The minimum atomic E-state index is 0.280. The first-order valence-corrected chi connectivity index (χ1v) is 15.3. The summed E-state index contributed by atoms with van der Waals surface area (Å²) in [6.07, 6.45) is 13.6. The topological polar surface area (TPSA) is 36.4 Å². The predicted octanol–water partition coefficient (Wildman–Crippen LogP) is 8.58. The molecule has 2 N–H and O–H groups in total.